The molecule has 1 aliphatic rings. The first-order chi connectivity index (χ1) is 7.90. The fourth-order valence-electron chi connectivity index (χ4n) is 1.42. The van der Waals surface area contributed by atoms with Gasteiger partial charge in [-0.15, -0.1) is 0 Å². The molecule has 0 saturated carbocycles. The number of rotatable bonds is 2. The van der Waals surface area contributed by atoms with Gasteiger partial charge in [-0.2, -0.15) is 0 Å². The second kappa shape index (κ2) is 5.34. The maximum absolute atomic E-state index is 4.93. The van der Waals surface area contributed by atoms with Crippen LogP contribution in [-0.2, 0) is 4.74 Å². The first-order valence-electron chi connectivity index (χ1n) is 5.13. The quantitative estimate of drug-likeness (QED) is 0.602. The van der Waals surface area contributed by atoms with Crippen molar-refractivity contribution in [1.82, 2.24) is 0 Å². The van der Waals surface area contributed by atoms with Crippen molar-refractivity contribution in [2.24, 2.45) is 4.99 Å². The zero-order chi connectivity index (χ0) is 11.2. The highest BCUT2D eigenvalue weighted by atomic mass is 16.5. The number of nitrogens with zero attached hydrogens (tertiary/aromatic N) is 1. The SMILES string of the molecule is COCCC#Cc1ccc2c(c1)[CH]N=CN2. The zero-order valence-electron chi connectivity index (χ0n) is 9.16. The van der Waals surface area contributed by atoms with E-state index in [0.29, 0.717) is 6.61 Å². The van der Waals surface area contributed by atoms with Crippen LogP contribution in [0.5, 0.6) is 0 Å². The summed E-state index contributed by atoms with van der Waals surface area (Å²) in [6.45, 7) is 2.50. The van der Waals surface area contributed by atoms with E-state index < -0.39 is 0 Å². The Morgan fingerprint density at radius 1 is 1.44 bits per heavy atom. The number of anilines is 1. The van der Waals surface area contributed by atoms with Crippen molar-refractivity contribution in [2.45, 2.75) is 6.42 Å². The Bertz CT molecular complexity index is 455. The van der Waals surface area contributed by atoms with Crippen molar-refractivity contribution in [2.75, 3.05) is 19.0 Å². The third-order valence-corrected chi connectivity index (χ3v) is 2.22. The molecule has 1 aromatic rings. The summed E-state index contributed by atoms with van der Waals surface area (Å²) in [5.41, 5.74) is 3.14. The molecule has 2 rings (SSSR count). The minimum absolute atomic E-state index is 0.677. The van der Waals surface area contributed by atoms with Crippen LogP contribution < -0.4 is 5.32 Å². The molecule has 1 radical (unpaired) electrons. The lowest BCUT2D eigenvalue weighted by Crippen LogP contribution is -2.03. The fraction of sp³-hybridized carbons (Fsp3) is 0.231. The maximum Gasteiger partial charge on any atom is 0.105 e. The summed E-state index contributed by atoms with van der Waals surface area (Å²) < 4.78 is 4.93. The van der Waals surface area contributed by atoms with E-state index in [2.05, 4.69) is 22.2 Å². The number of hydrogen-bond acceptors (Lipinski definition) is 3. The number of nitrogens with one attached hydrogen (secondary N) is 1. The van der Waals surface area contributed by atoms with Gasteiger partial charge in [-0.1, -0.05) is 11.8 Å². The highest BCUT2D eigenvalue weighted by molar-refractivity contribution is 5.81. The number of fused-ring (bicyclic) bond motifs is 1. The van der Waals surface area contributed by atoms with Crippen molar-refractivity contribution < 1.29 is 4.74 Å². The lowest BCUT2D eigenvalue weighted by atomic mass is 10.1. The third-order valence-electron chi connectivity index (χ3n) is 2.22. The molecule has 0 aliphatic carbocycles. The Labute approximate surface area is 95.5 Å². The molecule has 0 spiro atoms. The lowest BCUT2D eigenvalue weighted by Gasteiger charge is -2.11. The number of hydrogen-bond donors (Lipinski definition) is 1. The average molecular weight is 213 g/mol. The van der Waals surface area contributed by atoms with E-state index in [1.165, 1.54) is 0 Å². The zero-order valence-corrected chi connectivity index (χ0v) is 9.16. The smallest absolute Gasteiger partial charge is 0.105 e. The number of methoxy groups -OCH3 is 1. The van der Waals surface area contributed by atoms with Crippen LogP contribution in [0.2, 0.25) is 0 Å². The highest BCUT2D eigenvalue weighted by Crippen LogP contribution is 2.21. The van der Waals surface area contributed by atoms with Gasteiger partial charge in [-0.25, -0.2) is 0 Å². The second-order valence-corrected chi connectivity index (χ2v) is 3.40. The molecule has 0 amide bonds. The Morgan fingerprint density at radius 3 is 3.25 bits per heavy atom. The minimum Gasteiger partial charge on any atom is -0.384 e. The van der Waals surface area contributed by atoms with Gasteiger partial charge < -0.3 is 10.1 Å². The van der Waals surface area contributed by atoms with Crippen molar-refractivity contribution >= 4 is 12.0 Å². The molecule has 0 fully saturated rings. The fourth-order valence-corrected chi connectivity index (χ4v) is 1.42. The van der Waals surface area contributed by atoms with Crippen molar-refractivity contribution in [3.05, 3.63) is 35.9 Å². The van der Waals surface area contributed by atoms with Crippen LogP contribution >= 0.6 is 0 Å². The first kappa shape index (κ1) is 10.7. The van der Waals surface area contributed by atoms with Crippen LogP contribution in [0.15, 0.2) is 23.2 Å². The Morgan fingerprint density at radius 2 is 2.38 bits per heavy atom. The van der Waals surface area contributed by atoms with Crippen LogP contribution in [0.1, 0.15) is 17.5 Å². The van der Waals surface area contributed by atoms with Crippen molar-refractivity contribution in [3.8, 4) is 11.8 Å². The standard InChI is InChI=1S/C13H13N2O/c1-16-7-3-2-4-11-5-6-13-12(8-11)9-14-10-15-13/h5-6,8-10H,3,7H2,1H3,(H,14,15). The third kappa shape index (κ3) is 2.62. The van der Waals surface area contributed by atoms with Gasteiger partial charge in [0, 0.05) is 30.3 Å². The molecule has 0 bridgehead atoms. The van der Waals surface area contributed by atoms with Gasteiger partial charge in [-0.05, 0) is 18.2 Å². The summed E-state index contributed by atoms with van der Waals surface area (Å²) in [4.78, 5) is 4.04. The molecule has 3 nitrogen and oxygen atoms in total. The van der Waals surface area contributed by atoms with Crippen LogP contribution in [-0.4, -0.2) is 20.1 Å². The molecule has 1 heterocycles. The highest BCUT2D eigenvalue weighted by Gasteiger charge is 2.04. The largest absolute Gasteiger partial charge is 0.384 e. The maximum atomic E-state index is 4.93. The molecule has 0 atom stereocenters. The van der Waals surface area contributed by atoms with Crippen LogP contribution in [0.4, 0.5) is 5.69 Å². The van der Waals surface area contributed by atoms with Crippen LogP contribution in [0.25, 0.3) is 0 Å². The summed E-state index contributed by atoms with van der Waals surface area (Å²) in [5, 5.41) is 3.08. The number of benzene rings is 1. The molecular formula is C13H13N2O. The van der Waals surface area contributed by atoms with E-state index in [1.807, 2.05) is 24.7 Å². The van der Waals surface area contributed by atoms with E-state index in [4.69, 9.17) is 4.74 Å². The van der Waals surface area contributed by atoms with Crippen molar-refractivity contribution in [3.63, 3.8) is 0 Å². The van der Waals surface area contributed by atoms with Crippen LogP contribution in [0, 0.1) is 18.4 Å². The normalized spacial score (nSPS) is 12.3. The molecule has 0 aromatic heterocycles. The van der Waals surface area contributed by atoms with E-state index in [-0.39, 0.29) is 0 Å². The van der Waals surface area contributed by atoms with Gasteiger partial charge in [0.25, 0.3) is 0 Å². The molecule has 81 valence electrons. The Kier molecular flexibility index (Phi) is 3.58. The molecule has 0 saturated heterocycles. The summed E-state index contributed by atoms with van der Waals surface area (Å²) in [7, 11) is 1.68. The van der Waals surface area contributed by atoms with E-state index in [9.17, 15) is 0 Å². The summed E-state index contributed by atoms with van der Waals surface area (Å²) in [5.74, 6) is 6.16. The predicted molar refractivity (Wildman–Crippen MR) is 65.3 cm³/mol. The van der Waals surface area contributed by atoms with E-state index in [0.717, 1.165) is 23.2 Å². The van der Waals surface area contributed by atoms with E-state index in [1.54, 1.807) is 13.4 Å². The molecular weight excluding hydrogens is 200 g/mol. The summed E-state index contributed by atoms with van der Waals surface area (Å²) in [6, 6.07) is 6.04. The van der Waals surface area contributed by atoms with Gasteiger partial charge in [0.05, 0.1) is 12.9 Å². The molecule has 0 unspecified atom stereocenters. The van der Waals surface area contributed by atoms with Gasteiger partial charge in [0.1, 0.15) is 6.54 Å². The van der Waals surface area contributed by atoms with Crippen molar-refractivity contribution in [1.29, 1.82) is 0 Å². The molecule has 1 N–H and O–H groups in total. The van der Waals surface area contributed by atoms with Crippen LogP contribution in [0.3, 0.4) is 0 Å². The minimum atomic E-state index is 0.677. The average Bonchev–Trinajstić information content (AvgIpc) is 2.34. The first-order valence-corrected chi connectivity index (χ1v) is 5.13. The summed E-state index contributed by atoms with van der Waals surface area (Å²) >= 11 is 0. The second-order valence-electron chi connectivity index (χ2n) is 3.40. The Balaban J connectivity index is 2.08. The topological polar surface area (TPSA) is 33.6 Å². The number of ether oxygens (including phenoxy) is 1. The van der Waals surface area contributed by atoms with Gasteiger partial charge in [-0.3, -0.25) is 4.99 Å². The molecule has 3 heteroatoms. The monoisotopic (exact) mass is 213 g/mol. The van der Waals surface area contributed by atoms with Gasteiger partial charge in [0.15, 0.2) is 0 Å². The van der Waals surface area contributed by atoms with Gasteiger partial charge in [0.2, 0.25) is 0 Å². The molecule has 1 aromatic carbocycles. The number of aliphatic imine (C=N–C) groups is 1. The van der Waals surface area contributed by atoms with E-state index >= 15 is 0 Å². The Hall–Kier alpha value is -1.79. The molecule has 1 aliphatic heterocycles. The lowest BCUT2D eigenvalue weighted by molar-refractivity contribution is 0.206. The summed E-state index contributed by atoms with van der Waals surface area (Å²) in [6.07, 6.45) is 2.43. The predicted octanol–water partition coefficient (Wildman–Crippen LogP) is 2.04. The van der Waals surface area contributed by atoms with Gasteiger partial charge >= 0.3 is 0 Å². The molecule has 16 heavy (non-hydrogen) atoms.